The van der Waals surface area contributed by atoms with E-state index < -0.39 is 5.60 Å². The summed E-state index contributed by atoms with van der Waals surface area (Å²) in [5.41, 5.74) is -0.703. The maximum atomic E-state index is 10.5. The molecular formula is C17H32N6OS. The molecule has 0 bridgehead atoms. The summed E-state index contributed by atoms with van der Waals surface area (Å²) in [5.74, 6) is 1.82. The normalized spacial score (nSPS) is 16.4. The molecule has 1 aliphatic heterocycles. The van der Waals surface area contributed by atoms with Crippen molar-refractivity contribution < 1.29 is 5.11 Å². The van der Waals surface area contributed by atoms with E-state index in [1.807, 2.05) is 13.8 Å². The third kappa shape index (κ3) is 5.28. The van der Waals surface area contributed by atoms with E-state index in [4.69, 9.17) is 4.99 Å². The summed E-state index contributed by atoms with van der Waals surface area (Å²) in [6, 6.07) is 0. The van der Waals surface area contributed by atoms with Crippen molar-refractivity contribution in [3.63, 3.8) is 0 Å². The Morgan fingerprint density at radius 1 is 1.20 bits per heavy atom. The van der Waals surface area contributed by atoms with E-state index in [2.05, 4.69) is 38.3 Å². The van der Waals surface area contributed by atoms with Crippen LogP contribution < -0.4 is 10.2 Å². The number of nitrogens with zero attached hydrogens (tertiary/aromatic N) is 5. The van der Waals surface area contributed by atoms with Crippen molar-refractivity contribution >= 4 is 22.6 Å². The molecule has 1 aliphatic rings. The quantitative estimate of drug-likeness (QED) is 0.564. The van der Waals surface area contributed by atoms with Crippen LogP contribution in [0.15, 0.2) is 4.99 Å². The first-order valence-electron chi connectivity index (χ1n) is 9.38. The smallest absolute Gasteiger partial charge is 0.205 e. The summed E-state index contributed by atoms with van der Waals surface area (Å²) >= 11 is 1.49. The summed E-state index contributed by atoms with van der Waals surface area (Å²) < 4.78 is 4.38. The van der Waals surface area contributed by atoms with E-state index in [0.29, 0.717) is 6.54 Å². The number of anilines is 1. The minimum Gasteiger partial charge on any atom is -0.388 e. The lowest BCUT2D eigenvalue weighted by Gasteiger charge is -2.36. The Balaban J connectivity index is 1.97. The Bertz CT molecular complexity index is 549. The zero-order valence-electron chi connectivity index (χ0n) is 16.0. The van der Waals surface area contributed by atoms with E-state index in [1.165, 1.54) is 11.5 Å². The average molecular weight is 369 g/mol. The fourth-order valence-corrected chi connectivity index (χ4v) is 3.55. The van der Waals surface area contributed by atoms with Crippen LogP contribution >= 0.6 is 11.5 Å². The van der Waals surface area contributed by atoms with Gasteiger partial charge in [-0.15, -0.1) is 0 Å². The molecule has 142 valence electrons. The summed E-state index contributed by atoms with van der Waals surface area (Å²) in [6.07, 6.45) is 2.32. The fraction of sp³-hybridized carbons (Fsp3) is 0.824. The Hall–Kier alpha value is -1.41. The van der Waals surface area contributed by atoms with Gasteiger partial charge in [-0.3, -0.25) is 4.99 Å². The van der Waals surface area contributed by atoms with E-state index in [-0.39, 0.29) is 0 Å². The van der Waals surface area contributed by atoms with Crippen LogP contribution in [0.5, 0.6) is 0 Å². The predicted molar refractivity (Wildman–Crippen MR) is 105 cm³/mol. The largest absolute Gasteiger partial charge is 0.388 e. The lowest BCUT2D eigenvalue weighted by atomic mass is 9.98. The second kappa shape index (κ2) is 9.33. The molecule has 2 rings (SSSR count). The number of hydrogen-bond donors (Lipinski definition) is 2. The van der Waals surface area contributed by atoms with Crippen molar-refractivity contribution in [2.45, 2.75) is 52.6 Å². The van der Waals surface area contributed by atoms with Gasteiger partial charge in [0, 0.05) is 50.7 Å². The number of rotatable bonds is 7. The number of aliphatic imine (C=N–C) groups is 1. The molecule has 0 radical (unpaired) electrons. The highest BCUT2D eigenvalue weighted by atomic mass is 32.1. The van der Waals surface area contributed by atoms with Gasteiger partial charge in [0.2, 0.25) is 5.13 Å². The molecular weight excluding hydrogens is 336 g/mol. The van der Waals surface area contributed by atoms with Crippen LogP contribution in [0.4, 0.5) is 5.13 Å². The van der Waals surface area contributed by atoms with Gasteiger partial charge >= 0.3 is 0 Å². The van der Waals surface area contributed by atoms with E-state index in [9.17, 15) is 5.11 Å². The Kier molecular flexibility index (Phi) is 7.43. The Labute approximate surface area is 155 Å². The van der Waals surface area contributed by atoms with Crippen LogP contribution in [-0.4, -0.2) is 70.2 Å². The Morgan fingerprint density at radius 3 is 2.40 bits per heavy atom. The van der Waals surface area contributed by atoms with Crippen molar-refractivity contribution in [1.82, 2.24) is 19.6 Å². The van der Waals surface area contributed by atoms with Gasteiger partial charge in [0.25, 0.3) is 0 Å². The molecule has 0 atom stereocenters. The maximum Gasteiger partial charge on any atom is 0.205 e. The van der Waals surface area contributed by atoms with Gasteiger partial charge < -0.3 is 20.2 Å². The van der Waals surface area contributed by atoms with E-state index in [1.54, 1.807) is 0 Å². The first-order chi connectivity index (χ1) is 12.0. The van der Waals surface area contributed by atoms with Gasteiger partial charge in [-0.05, 0) is 19.8 Å². The maximum absolute atomic E-state index is 10.5. The molecule has 1 saturated heterocycles. The molecule has 0 saturated carbocycles. The van der Waals surface area contributed by atoms with Crippen LogP contribution in [0.2, 0.25) is 0 Å². The highest BCUT2D eigenvalue weighted by Gasteiger charge is 2.25. The van der Waals surface area contributed by atoms with Crippen molar-refractivity contribution in [2.24, 2.45) is 4.99 Å². The second-order valence-corrected chi connectivity index (χ2v) is 7.15. The number of hydrogen-bond acceptors (Lipinski definition) is 6. The van der Waals surface area contributed by atoms with Crippen LogP contribution in [-0.2, 0) is 6.42 Å². The number of aryl methyl sites for hydroxylation is 1. The molecule has 1 fully saturated rings. The molecule has 2 heterocycles. The van der Waals surface area contributed by atoms with Crippen LogP contribution in [0, 0.1) is 0 Å². The van der Waals surface area contributed by atoms with Crippen molar-refractivity contribution in [3.8, 4) is 0 Å². The monoisotopic (exact) mass is 368 g/mol. The van der Waals surface area contributed by atoms with Gasteiger partial charge in [-0.1, -0.05) is 20.8 Å². The van der Waals surface area contributed by atoms with Gasteiger partial charge in [-0.2, -0.15) is 4.37 Å². The average Bonchev–Trinajstić information content (AvgIpc) is 3.14. The predicted octanol–water partition coefficient (Wildman–Crippen LogP) is 1.74. The molecule has 0 unspecified atom stereocenters. The second-order valence-electron chi connectivity index (χ2n) is 6.42. The minimum absolute atomic E-state index is 0.443. The van der Waals surface area contributed by atoms with Crippen LogP contribution in [0.3, 0.4) is 0 Å². The Morgan fingerprint density at radius 2 is 1.88 bits per heavy atom. The van der Waals surface area contributed by atoms with Crippen LogP contribution in [0.25, 0.3) is 0 Å². The minimum atomic E-state index is -0.703. The zero-order valence-corrected chi connectivity index (χ0v) is 16.8. The molecule has 0 spiro atoms. The molecule has 2 N–H and O–H groups in total. The van der Waals surface area contributed by atoms with Crippen molar-refractivity contribution in [3.05, 3.63) is 5.82 Å². The van der Waals surface area contributed by atoms with Crippen LogP contribution in [0.1, 0.15) is 46.4 Å². The van der Waals surface area contributed by atoms with E-state index >= 15 is 0 Å². The number of piperazine rings is 1. The molecule has 1 aromatic heterocycles. The van der Waals surface area contributed by atoms with Gasteiger partial charge in [0.05, 0.1) is 12.1 Å². The standard InChI is InChI=1S/C17H32N6OS/c1-5-14-20-16(25-21-14)23-11-9-22(10-12-23)15(18-8-4)19-13-17(24,6-2)7-3/h24H,5-13H2,1-4H3,(H,18,19). The molecule has 25 heavy (non-hydrogen) atoms. The third-order valence-corrected chi connectivity index (χ3v) is 5.61. The van der Waals surface area contributed by atoms with Gasteiger partial charge in [-0.25, -0.2) is 4.98 Å². The van der Waals surface area contributed by atoms with Gasteiger partial charge in [0.1, 0.15) is 5.82 Å². The van der Waals surface area contributed by atoms with Gasteiger partial charge in [0.15, 0.2) is 5.96 Å². The molecule has 0 amide bonds. The SMILES string of the molecule is CCNC(=NCC(O)(CC)CC)N1CCN(c2nc(CC)ns2)CC1. The number of guanidine groups is 1. The lowest BCUT2D eigenvalue weighted by Crippen LogP contribution is -2.53. The molecule has 8 heteroatoms. The zero-order chi connectivity index (χ0) is 18.3. The summed E-state index contributed by atoms with van der Waals surface area (Å²) in [7, 11) is 0. The number of aliphatic hydroxyl groups is 1. The third-order valence-electron chi connectivity index (χ3n) is 4.80. The summed E-state index contributed by atoms with van der Waals surface area (Å²) in [6.45, 7) is 13.1. The summed E-state index contributed by atoms with van der Waals surface area (Å²) in [5, 5.41) is 14.9. The summed E-state index contributed by atoms with van der Waals surface area (Å²) in [4.78, 5) is 13.9. The first-order valence-corrected chi connectivity index (χ1v) is 10.2. The van der Waals surface area contributed by atoms with E-state index in [0.717, 1.165) is 68.9 Å². The van der Waals surface area contributed by atoms with Crippen molar-refractivity contribution in [1.29, 1.82) is 0 Å². The first kappa shape index (κ1) is 19.9. The molecule has 0 aromatic carbocycles. The molecule has 0 aliphatic carbocycles. The fourth-order valence-electron chi connectivity index (χ4n) is 2.75. The molecule has 1 aromatic rings. The highest BCUT2D eigenvalue weighted by molar-refractivity contribution is 7.09. The number of aromatic nitrogens is 2. The van der Waals surface area contributed by atoms with Crippen molar-refractivity contribution in [2.75, 3.05) is 44.2 Å². The molecule has 7 nitrogen and oxygen atoms in total. The number of nitrogens with one attached hydrogen (secondary N) is 1. The lowest BCUT2D eigenvalue weighted by molar-refractivity contribution is 0.0415. The highest BCUT2D eigenvalue weighted by Crippen LogP contribution is 2.20. The topological polar surface area (TPSA) is 76.9 Å².